The topological polar surface area (TPSA) is 77.0 Å². The van der Waals surface area contributed by atoms with E-state index in [0.29, 0.717) is 12.4 Å². The fourth-order valence-electron chi connectivity index (χ4n) is 2.39. The molecule has 0 amide bonds. The average molecular weight is 244 g/mol. The fourth-order valence-corrected chi connectivity index (χ4v) is 2.39. The molecule has 2 heterocycles. The SMILES string of the molecule is NCC1CCCc2nc(-c3ccc(O)cc3)nn21. The highest BCUT2D eigenvalue weighted by Gasteiger charge is 2.22. The molecule has 0 aliphatic carbocycles. The molecule has 3 N–H and O–H groups in total. The van der Waals surface area contributed by atoms with E-state index >= 15 is 0 Å². The lowest BCUT2D eigenvalue weighted by molar-refractivity contribution is 0.370. The van der Waals surface area contributed by atoms with Crippen molar-refractivity contribution in [2.24, 2.45) is 5.73 Å². The third-order valence-corrected chi connectivity index (χ3v) is 3.38. The average Bonchev–Trinajstić information content (AvgIpc) is 2.83. The Morgan fingerprint density at radius 1 is 1.33 bits per heavy atom. The molecular formula is C13H16N4O. The Hall–Kier alpha value is -1.88. The van der Waals surface area contributed by atoms with Crippen molar-refractivity contribution in [2.45, 2.75) is 25.3 Å². The van der Waals surface area contributed by atoms with Crippen molar-refractivity contribution < 1.29 is 5.11 Å². The summed E-state index contributed by atoms with van der Waals surface area (Å²) in [7, 11) is 0. The van der Waals surface area contributed by atoms with E-state index in [1.165, 1.54) is 0 Å². The molecule has 0 spiro atoms. The lowest BCUT2D eigenvalue weighted by atomic mass is 10.1. The second-order valence-electron chi connectivity index (χ2n) is 4.62. The fraction of sp³-hybridized carbons (Fsp3) is 0.385. The zero-order chi connectivity index (χ0) is 12.5. The van der Waals surface area contributed by atoms with Crippen LogP contribution in [-0.2, 0) is 6.42 Å². The molecule has 0 saturated heterocycles. The van der Waals surface area contributed by atoms with Gasteiger partial charge in [0.15, 0.2) is 5.82 Å². The number of phenols is 1. The van der Waals surface area contributed by atoms with E-state index in [9.17, 15) is 5.11 Å². The summed E-state index contributed by atoms with van der Waals surface area (Å²) in [6.07, 6.45) is 3.15. The molecule has 0 bridgehead atoms. The molecule has 1 aromatic heterocycles. The normalized spacial score (nSPS) is 18.6. The van der Waals surface area contributed by atoms with Crippen molar-refractivity contribution in [1.29, 1.82) is 0 Å². The van der Waals surface area contributed by atoms with Crippen LogP contribution in [0.1, 0.15) is 24.7 Å². The van der Waals surface area contributed by atoms with E-state index in [-0.39, 0.29) is 11.8 Å². The van der Waals surface area contributed by atoms with Crippen molar-refractivity contribution in [1.82, 2.24) is 14.8 Å². The van der Waals surface area contributed by atoms with Crippen LogP contribution in [-0.4, -0.2) is 26.4 Å². The summed E-state index contributed by atoms with van der Waals surface area (Å²) in [6, 6.07) is 7.22. The molecular weight excluding hydrogens is 228 g/mol. The summed E-state index contributed by atoms with van der Waals surface area (Å²) in [5.74, 6) is 1.98. The van der Waals surface area contributed by atoms with Crippen LogP contribution in [0.25, 0.3) is 11.4 Å². The van der Waals surface area contributed by atoms with E-state index in [0.717, 1.165) is 30.7 Å². The molecule has 5 heteroatoms. The smallest absolute Gasteiger partial charge is 0.181 e. The van der Waals surface area contributed by atoms with Crippen molar-refractivity contribution >= 4 is 0 Å². The Labute approximate surface area is 105 Å². The van der Waals surface area contributed by atoms with Gasteiger partial charge >= 0.3 is 0 Å². The number of nitrogens with two attached hydrogens (primary N) is 1. The number of fused-ring (bicyclic) bond motifs is 1. The summed E-state index contributed by atoms with van der Waals surface area (Å²) in [5.41, 5.74) is 6.69. The number of rotatable bonds is 2. The monoisotopic (exact) mass is 244 g/mol. The number of aromatic hydroxyl groups is 1. The third-order valence-electron chi connectivity index (χ3n) is 3.38. The molecule has 3 rings (SSSR count). The van der Waals surface area contributed by atoms with Crippen LogP contribution >= 0.6 is 0 Å². The van der Waals surface area contributed by atoms with Gasteiger partial charge in [-0.1, -0.05) is 0 Å². The minimum absolute atomic E-state index is 0.252. The van der Waals surface area contributed by atoms with Gasteiger partial charge < -0.3 is 10.8 Å². The van der Waals surface area contributed by atoms with Crippen LogP contribution < -0.4 is 5.73 Å². The van der Waals surface area contributed by atoms with Crippen molar-refractivity contribution in [3.05, 3.63) is 30.1 Å². The number of phenolic OH excluding ortho intramolecular Hbond substituents is 1. The van der Waals surface area contributed by atoms with Crippen LogP contribution in [0.5, 0.6) is 5.75 Å². The van der Waals surface area contributed by atoms with Crippen molar-refractivity contribution in [2.75, 3.05) is 6.54 Å². The predicted octanol–water partition coefficient (Wildman–Crippen LogP) is 1.49. The minimum atomic E-state index is 0.252. The van der Waals surface area contributed by atoms with Gasteiger partial charge in [-0.05, 0) is 37.1 Å². The molecule has 1 aromatic carbocycles. The Bertz CT molecular complexity index is 547. The molecule has 1 aliphatic heterocycles. The molecule has 0 radical (unpaired) electrons. The number of hydrogen-bond donors (Lipinski definition) is 2. The second-order valence-corrected chi connectivity index (χ2v) is 4.62. The Balaban J connectivity index is 1.99. The largest absolute Gasteiger partial charge is 0.508 e. The van der Waals surface area contributed by atoms with Gasteiger partial charge in [0.2, 0.25) is 0 Å². The van der Waals surface area contributed by atoms with Gasteiger partial charge in [-0.3, -0.25) is 0 Å². The first-order valence-electron chi connectivity index (χ1n) is 6.23. The van der Waals surface area contributed by atoms with Crippen LogP contribution in [0.2, 0.25) is 0 Å². The number of benzene rings is 1. The number of hydrogen-bond acceptors (Lipinski definition) is 4. The van der Waals surface area contributed by atoms with Gasteiger partial charge in [-0.25, -0.2) is 9.67 Å². The summed E-state index contributed by atoms with van der Waals surface area (Å²) >= 11 is 0. The molecule has 0 fully saturated rings. The maximum absolute atomic E-state index is 9.28. The first-order valence-corrected chi connectivity index (χ1v) is 6.23. The zero-order valence-corrected chi connectivity index (χ0v) is 10.1. The van der Waals surface area contributed by atoms with Crippen LogP contribution in [0.3, 0.4) is 0 Å². The van der Waals surface area contributed by atoms with Gasteiger partial charge in [-0.15, -0.1) is 0 Å². The highest BCUT2D eigenvalue weighted by Crippen LogP contribution is 2.26. The van der Waals surface area contributed by atoms with E-state index in [2.05, 4.69) is 10.1 Å². The highest BCUT2D eigenvalue weighted by molar-refractivity contribution is 5.55. The lowest BCUT2D eigenvalue weighted by Crippen LogP contribution is -2.25. The molecule has 1 unspecified atom stereocenters. The number of nitrogens with zero attached hydrogens (tertiary/aromatic N) is 3. The van der Waals surface area contributed by atoms with Gasteiger partial charge in [-0.2, -0.15) is 5.10 Å². The van der Waals surface area contributed by atoms with Gasteiger partial charge in [0, 0.05) is 18.5 Å². The highest BCUT2D eigenvalue weighted by atomic mass is 16.3. The van der Waals surface area contributed by atoms with Gasteiger partial charge in [0.05, 0.1) is 6.04 Å². The Morgan fingerprint density at radius 2 is 2.11 bits per heavy atom. The van der Waals surface area contributed by atoms with Crippen LogP contribution in [0.4, 0.5) is 0 Å². The molecule has 0 saturated carbocycles. The van der Waals surface area contributed by atoms with E-state index in [4.69, 9.17) is 5.73 Å². The zero-order valence-electron chi connectivity index (χ0n) is 10.1. The second kappa shape index (κ2) is 4.42. The molecule has 1 atom stereocenters. The van der Waals surface area contributed by atoms with Crippen LogP contribution in [0, 0.1) is 0 Å². The van der Waals surface area contributed by atoms with E-state index in [1.54, 1.807) is 12.1 Å². The number of aromatic nitrogens is 3. The minimum Gasteiger partial charge on any atom is -0.508 e. The van der Waals surface area contributed by atoms with E-state index in [1.807, 2.05) is 16.8 Å². The predicted molar refractivity (Wildman–Crippen MR) is 68.2 cm³/mol. The quantitative estimate of drug-likeness (QED) is 0.839. The maximum Gasteiger partial charge on any atom is 0.181 e. The molecule has 94 valence electrons. The summed E-state index contributed by atoms with van der Waals surface area (Å²) in [4.78, 5) is 4.56. The molecule has 18 heavy (non-hydrogen) atoms. The Morgan fingerprint density at radius 3 is 2.83 bits per heavy atom. The van der Waals surface area contributed by atoms with Gasteiger partial charge in [0.1, 0.15) is 11.6 Å². The molecule has 5 nitrogen and oxygen atoms in total. The summed E-state index contributed by atoms with van der Waals surface area (Å²) < 4.78 is 1.96. The lowest BCUT2D eigenvalue weighted by Gasteiger charge is -2.21. The standard InChI is InChI=1S/C13H16N4O/c14-8-10-2-1-3-12-15-13(16-17(10)12)9-4-6-11(18)7-5-9/h4-7,10,18H,1-3,8,14H2. The van der Waals surface area contributed by atoms with Crippen LogP contribution in [0.15, 0.2) is 24.3 Å². The maximum atomic E-state index is 9.28. The third kappa shape index (κ3) is 1.86. The molecule has 2 aromatic rings. The Kier molecular flexibility index (Phi) is 2.76. The summed E-state index contributed by atoms with van der Waals surface area (Å²) in [6.45, 7) is 0.603. The van der Waals surface area contributed by atoms with Crippen molar-refractivity contribution in [3.63, 3.8) is 0 Å². The molecule has 1 aliphatic rings. The van der Waals surface area contributed by atoms with Crippen molar-refractivity contribution in [3.8, 4) is 17.1 Å². The number of aryl methyl sites for hydroxylation is 1. The van der Waals surface area contributed by atoms with E-state index < -0.39 is 0 Å². The van der Waals surface area contributed by atoms with Gasteiger partial charge in [0.25, 0.3) is 0 Å². The first kappa shape index (κ1) is 11.2. The first-order chi connectivity index (χ1) is 8.78. The summed E-state index contributed by atoms with van der Waals surface area (Å²) in [5, 5.41) is 13.8.